The van der Waals surface area contributed by atoms with Crippen LogP contribution in [0.1, 0.15) is 85.1 Å². The van der Waals surface area contributed by atoms with Crippen molar-refractivity contribution in [2.75, 3.05) is 37.7 Å². The third-order valence-electron chi connectivity index (χ3n) is 10.8. The van der Waals surface area contributed by atoms with Crippen LogP contribution in [0, 0.1) is 5.92 Å². The van der Waals surface area contributed by atoms with E-state index in [2.05, 4.69) is 28.0 Å². The Morgan fingerprint density at radius 3 is 2.31 bits per heavy atom. The lowest BCUT2D eigenvalue weighted by molar-refractivity contribution is 0.0899. The van der Waals surface area contributed by atoms with E-state index < -0.39 is 0 Å². The Bertz CT molecular complexity index is 1600. The highest BCUT2D eigenvalue weighted by Crippen LogP contribution is 2.38. The molecule has 45 heavy (non-hydrogen) atoms. The van der Waals surface area contributed by atoms with E-state index in [0.29, 0.717) is 23.8 Å². The predicted octanol–water partition coefficient (Wildman–Crippen LogP) is 6.73. The molecule has 2 aliphatic heterocycles. The summed E-state index contributed by atoms with van der Waals surface area (Å²) in [6.45, 7) is 4.06. The van der Waals surface area contributed by atoms with Crippen LogP contribution in [0.5, 0.6) is 0 Å². The molecule has 3 fully saturated rings. The van der Waals surface area contributed by atoms with Gasteiger partial charge in [0, 0.05) is 54.2 Å². The summed E-state index contributed by atoms with van der Waals surface area (Å²) in [4.78, 5) is 23.1. The maximum Gasteiger partial charge on any atom is 0.178 e. The molecule has 7 rings (SSSR count). The molecule has 3 aliphatic rings. The van der Waals surface area contributed by atoms with Gasteiger partial charge in [0.1, 0.15) is 0 Å². The number of carbonyl (C=O) groups excluding carboxylic acids is 1. The minimum atomic E-state index is -0.259. The number of anilines is 1. The zero-order valence-corrected chi connectivity index (χ0v) is 26.8. The Labute approximate surface area is 271 Å². The van der Waals surface area contributed by atoms with Crippen LogP contribution >= 0.6 is 11.6 Å². The minimum absolute atomic E-state index is 0.117. The van der Waals surface area contributed by atoms with Crippen LogP contribution < -0.4 is 4.90 Å². The third-order valence-corrected chi connectivity index (χ3v) is 11.1. The molecular formula is C37H44ClN5O2. The number of fused-ring (bicyclic) bond motifs is 1. The first kappa shape index (κ1) is 30.4. The minimum Gasteiger partial charge on any atom is -0.395 e. The van der Waals surface area contributed by atoms with Gasteiger partial charge in [0.15, 0.2) is 17.3 Å². The van der Waals surface area contributed by atoms with Gasteiger partial charge in [0.05, 0.1) is 12.3 Å². The summed E-state index contributed by atoms with van der Waals surface area (Å²) in [7, 11) is 0. The zero-order chi connectivity index (χ0) is 30.8. The Hall–Kier alpha value is -3.26. The van der Waals surface area contributed by atoms with Gasteiger partial charge in [-0.25, -0.2) is 9.50 Å². The number of benzene rings is 2. The van der Waals surface area contributed by atoms with Crippen LogP contribution in [0.15, 0.2) is 66.9 Å². The smallest absolute Gasteiger partial charge is 0.178 e. The van der Waals surface area contributed by atoms with E-state index in [9.17, 15) is 9.90 Å². The standard InChI is InChI=1S/C37H44ClN5O2/c38-31-13-11-30(12-14-31)37(26-44)17-22-42(23-18-37)33-6-3-19-43-36(33)39-35(40-43)25-27-7-9-29(10-8-27)34(45)24-28-15-20-41(21-16-28)32-4-1-2-5-32/h3,6-14,19,28,32,44H,1-2,4-5,15-18,20-26H2. The fourth-order valence-corrected chi connectivity index (χ4v) is 8.06. The number of pyridine rings is 1. The van der Waals surface area contributed by atoms with E-state index in [1.54, 1.807) is 0 Å². The molecule has 1 N–H and O–H groups in total. The summed E-state index contributed by atoms with van der Waals surface area (Å²) < 4.78 is 1.87. The molecule has 236 valence electrons. The lowest BCUT2D eigenvalue weighted by atomic mass is 9.73. The van der Waals surface area contributed by atoms with Crippen molar-refractivity contribution >= 4 is 28.7 Å². The van der Waals surface area contributed by atoms with Gasteiger partial charge in [0.2, 0.25) is 0 Å². The summed E-state index contributed by atoms with van der Waals surface area (Å²) in [6, 6.07) is 20.9. The third kappa shape index (κ3) is 6.53. The van der Waals surface area contributed by atoms with Gasteiger partial charge in [-0.1, -0.05) is 60.8 Å². The number of likely N-dealkylation sites (tertiary alicyclic amines) is 1. The summed E-state index contributed by atoms with van der Waals surface area (Å²) >= 11 is 6.12. The molecule has 0 radical (unpaired) electrons. The van der Waals surface area contributed by atoms with Crippen molar-refractivity contribution in [2.24, 2.45) is 5.92 Å². The monoisotopic (exact) mass is 625 g/mol. The number of hydrogen-bond donors (Lipinski definition) is 1. The Balaban J connectivity index is 0.967. The lowest BCUT2D eigenvalue weighted by Crippen LogP contribution is -2.45. The molecule has 2 aromatic heterocycles. The summed E-state index contributed by atoms with van der Waals surface area (Å²) in [5, 5.41) is 15.9. The van der Waals surface area contributed by atoms with Crippen LogP contribution in [-0.4, -0.2) is 69.2 Å². The summed E-state index contributed by atoms with van der Waals surface area (Å²) in [5.74, 6) is 1.53. The predicted molar refractivity (Wildman–Crippen MR) is 179 cm³/mol. The first-order valence-corrected chi connectivity index (χ1v) is 17.2. The molecule has 0 atom stereocenters. The van der Waals surface area contributed by atoms with Gasteiger partial charge in [-0.2, -0.15) is 5.10 Å². The number of ketones is 1. The highest BCUT2D eigenvalue weighted by molar-refractivity contribution is 6.30. The molecule has 1 saturated carbocycles. The van der Waals surface area contributed by atoms with Crippen LogP contribution in [0.3, 0.4) is 0 Å². The highest BCUT2D eigenvalue weighted by atomic mass is 35.5. The molecule has 0 spiro atoms. The topological polar surface area (TPSA) is 74.0 Å². The van der Waals surface area contributed by atoms with Gasteiger partial charge in [0.25, 0.3) is 0 Å². The second kappa shape index (κ2) is 13.2. The number of halogens is 1. The van der Waals surface area contributed by atoms with Crippen molar-refractivity contribution in [2.45, 2.75) is 75.7 Å². The molecule has 1 aliphatic carbocycles. The summed E-state index contributed by atoms with van der Waals surface area (Å²) in [5.41, 5.74) is 4.71. The number of piperidine rings is 2. The van der Waals surface area contributed by atoms with E-state index in [1.807, 2.05) is 53.2 Å². The van der Waals surface area contributed by atoms with Crippen LogP contribution in [0.2, 0.25) is 5.02 Å². The fraction of sp³-hybridized carbons (Fsp3) is 0.486. The Kier molecular flexibility index (Phi) is 8.94. The summed E-state index contributed by atoms with van der Waals surface area (Å²) in [6.07, 6.45) is 12.7. The van der Waals surface area contributed by atoms with Crippen molar-refractivity contribution < 1.29 is 9.90 Å². The number of Topliss-reactive ketones (excluding diaryl/α,β-unsaturated/α-hetero) is 1. The van der Waals surface area contributed by atoms with Crippen molar-refractivity contribution in [1.82, 2.24) is 19.5 Å². The van der Waals surface area contributed by atoms with Crippen LogP contribution in [0.25, 0.3) is 5.65 Å². The number of aliphatic hydroxyl groups is 1. The molecule has 0 unspecified atom stereocenters. The maximum atomic E-state index is 13.1. The SMILES string of the molecule is O=C(CC1CCN(C2CCCC2)CC1)c1ccc(Cc2nc3c(N4CCC(CO)(c5ccc(Cl)cc5)CC4)cccn3n2)cc1. The number of aliphatic hydroxyl groups excluding tert-OH is 1. The van der Waals surface area contributed by atoms with Gasteiger partial charge < -0.3 is 14.9 Å². The quantitative estimate of drug-likeness (QED) is 0.208. The van der Waals surface area contributed by atoms with Crippen molar-refractivity contribution in [1.29, 1.82) is 0 Å². The van der Waals surface area contributed by atoms with E-state index in [-0.39, 0.29) is 17.8 Å². The molecular weight excluding hydrogens is 582 g/mol. The number of rotatable bonds is 9. The van der Waals surface area contributed by atoms with Crippen molar-refractivity contribution in [3.63, 3.8) is 0 Å². The van der Waals surface area contributed by atoms with Gasteiger partial charge in [-0.05, 0) is 92.9 Å². The average Bonchev–Trinajstić information content (AvgIpc) is 3.76. The van der Waals surface area contributed by atoms with E-state index in [0.717, 1.165) is 91.8 Å². The molecule has 2 aromatic carbocycles. The Morgan fingerprint density at radius 1 is 0.911 bits per heavy atom. The van der Waals surface area contributed by atoms with Gasteiger partial charge in [-0.3, -0.25) is 4.79 Å². The van der Waals surface area contributed by atoms with E-state index >= 15 is 0 Å². The molecule has 2 saturated heterocycles. The van der Waals surface area contributed by atoms with Crippen LogP contribution in [-0.2, 0) is 11.8 Å². The second-order valence-corrected chi connectivity index (χ2v) is 14.0. The fourth-order valence-electron chi connectivity index (χ4n) is 7.94. The number of nitrogens with zero attached hydrogens (tertiary/aromatic N) is 5. The molecule has 8 heteroatoms. The van der Waals surface area contributed by atoms with Gasteiger partial charge in [-0.15, -0.1) is 0 Å². The lowest BCUT2D eigenvalue weighted by Gasteiger charge is -2.42. The molecule has 4 aromatic rings. The average molecular weight is 626 g/mol. The van der Waals surface area contributed by atoms with Crippen molar-refractivity contribution in [3.05, 3.63) is 94.4 Å². The molecule has 0 amide bonds. The first-order chi connectivity index (χ1) is 22.0. The van der Waals surface area contributed by atoms with Crippen LogP contribution in [0.4, 0.5) is 5.69 Å². The first-order valence-electron chi connectivity index (χ1n) is 16.8. The molecule has 0 bridgehead atoms. The second-order valence-electron chi connectivity index (χ2n) is 13.5. The largest absolute Gasteiger partial charge is 0.395 e. The Morgan fingerprint density at radius 2 is 1.62 bits per heavy atom. The van der Waals surface area contributed by atoms with E-state index in [1.165, 1.54) is 25.7 Å². The zero-order valence-electron chi connectivity index (χ0n) is 26.1. The van der Waals surface area contributed by atoms with E-state index in [4.69, 9.17) is 21.7 Å². The highest BCUT2D eigenvalue weighted by Gasteiger charge is 2.36. The number of hydrogen-bond acceptors (Lipinski definition) is 6. The number of aromatic nitrogens is 3. The normalized spacial score (nSPS) is 19.8. The molecule has 4 heterocycles. The maximum absolute atomic E-state index is 13.1. The van der Waals surface area contributed by atoms with Gasteiger partial charge >= 0.3 is 0 Å². The molecule has 7 nitrogen and oxygen atoms in total. The van der Waals surface area contributed by atoms with Crippen molar-refractivity contribution in [3.8, 4) is 0 Å². The number of carbonyl (C=O) groups is 1.